The predicted octanol–water partition coefficient (Wildman–Crippen LogP) is 2.29. The maximum absolute atomic E-state index is 13.9. The molecular weight excluding hydrogens is 273 g/mol. The van der Waals surface area contributed by atoms with Gasteiger partial charge in [0.1, 0.15) is 19.0 Å². The van der Waals surface area contributed by atoms with Crippen LogP contribution in [0.25, 0.3) is 0 Å². The van der Waals surface area contributed by atoms with Gasteiger partial charge in [0.25, 0.3) is 0 Å². The summed E-state index contributed by atoms with van der Waals surface area (Å²) < 4.78 is 19.3. The van der Waals surface area contributed by atoms with E-state index in [1.54, 1.807) is 30.5 Å². The highest BCUT2D eigenvalue weighted by atomic mass is 19.1. The molecular formula is C16H16FNO3. The van der Waals surface area contributed by atoms with Crippen LogP contribution in [0.3, 0.4) is 0 Å². The molecule has 2 rings (SSSR count). The minimum atomic E-state index is -1.01. The van der Waals surface area contributed by atoms with Gasteiger partial charge in [-0.15, -0.1) is 0 Å². The van der Waals surface area contributed by atoms with Crippen molar-refractivity contribution in [1.82, 2.24) is 4.98 Å². The summed E-state index contributed by atoms with van der Waals surface area (Å²) in [5, 5.41) is 9.16. The Morgan fingerprint density at radius 1 is 1.33 bits per heavy atom. The van der Waals surface area contributed by atoms with Crippen LogP contribution in [0, 0.1) is 5.82 Å². The number of aldehydes is 1. The zero-order valence-electron chi connectivity index (χ0n) is 11.4. The van der Waals surface area contributed by atoms with Crippen molar-refractivity contribution in [3.05, 3.63) is 59.7 Å². The molecule has 0 aliphatic heterocycles. The van der Waals surface area contributed by atoms with Crippen LogP contribution in [0.1, 0.15) is 17.7 Å². The maximum Gasteiger partial charge on any atom is 0.165 e. The first-order chi connectivity index (χ1) is 10.2. The summed E-state index contributed by atoms with van der Waals surface area (Å²) in [5.41, 5.74) is 1.42. The first-order valence-corrected chi connectivity index (χ1v) is 6.63. The topological polar surface area (TPSA) is 59.4 Å². The molecule has 1 atom stereocenters. The molecule has 0 fully saturated rings. The van der Waals surface area contributed by atoms with E-state index < -0.39 is 11.9 Å². The molecule has 1 unspecified atom stereocenters. The van der Waals surface area contributed by atoms with Gasteiger partial charge >= 0.3 is 0 Å². The monoisotopic (exact) mass is 289 g/mol. The largest absolute Gasteiger partial charge is 0.484 e. The molecule has 0 saturated carbocycles. The molecule has 1 N–H and O–H groups in total. The Balaban J connectivity index is 1.94. The number of aromatic nitrogens is 1. The maximum atomic E-state index is 13.9. The fourth-order valence-corrected chi connectivity index (χ4v) is 1.83. The number of hydrogen-bond donors (Lipinski definition) is 1. The smallest absolute Gasteiger partial charge is 0.165 e. The van der Waals surface area contributed by atoms with E-state index in [0.717, 1.165) is 5.69 Å². The third-order valence-electron chi connectivity index (χ3n) is 2.98. The molecule has 0 bridgehead atoms. The fraction of sp³-hybridized carbons (Fsp3) is 0.250. The number of carbonyl (C=O) groups excluding carboxylic acids is 1. The first kappa shape index (κ1) is 15.1. The molecule has 0 aliphatic carbocycles. The summed E-state index contributed by atoms with van der Waals surface area (Å²) in [6.45, 7) is 0.195. The fourth-order valence-electron chi connectivity index (χ4n) is 1.83. The number of hydrogen-bond acceptors (Lipinski definition) is 4. The van der Waals surface area contributed by atoms with Crippen LogP contribution in [0.15, 0.2) is 42.6 Å². The van der Waals surface area contributed by atoms with Crippen LogP contribution in [-0.4, -0.2) is 22.5 Å². The molecule has 0 aliphatic rings. The van der Waals surface area contributed by atoms with Gasteiger partial charge in [-0.1, -0.05) is 12.1 Å². The summed E-state index contributed by atoms with van der Waals surface area (Å²) in [4.78, 5) is 14.4. The van der Waals surface area contributed by atoms with Crippen LogP contribution in [-0.2, 0) is 17.8 Å². The Bertz CT molecular complexity index is 589. The van der Waals surface area contributed by atoms with E-state index in [1.165, 1.54) is 6.07 Å². The van der Waals surface area contributed by atoms with Gasteiger partial charge in [-0.05, 0) is 42.7 Å². The molecule has 0 amide bonds. The van der Waals surface area contributed by atoms with Crippen LogP contribution in [0.5, 0.6) is 5.75 Å². The number of nitrogens with zero attached hydrogens (tertiary/aromatic N) is 1. The number of benzene rings is 1. The Morgan fingerprint density at radius 2 is 2.19 bits per heavy atom. The van der Waals surface area contributed by atoms with E-state index in [4.69, 9.17) is 9.84 Å². The van der Waals surface area contributed by atoms with Crippen molar-refractivity contribution >= 4 is 6.29 Å². The summed E-state index contributed by atoms with van der Waals surface area (Å²) in [6, 6.07) is 10.0. The lowest BCUT2D eigenvalue weighted by Gasteiger charge is -2.09. The summed E-state index contributed by atoms with van der Waals surface area (Å²) in [5.74, 6) is -0.315. The Labute approximate surface area is 122 Å². The standard InChI is InChI=1S/C16H16FNO3/c17-15-9-12(4-6-14(20)10-19)5-7-16(15)21-11-13-3-1-2-8-18-13/h1-3,5,7-10,14,20H,4,6,11H2. The second kappa shape index (κ2) is 7.50. The second-order valence-electron chi connectivity index (χ2n) is 4.62. The highest BCUT2D eigenvalue weighted by Crippen LogP contribution is 2.20. The van der Waals surface area contributed by atoms with Crippen LogP contribution in [0.4, 0.5) is 4.39 Å². The summed E-state index contributed by atoms with van der Waals surface area (Å²) in [7, 11) is 0. The van der Waals surface area contributed by atoms with Gasteiger partial charge in [0.2, 0.25) is 0 Å². The van der Waals surface area contributed by atoms with Crippen molar-refractivity contribution < 1.29 is 19.0 Å². The van der Waals surface area contributed by atoms with Gasteiger partial charge in [-0.3, -0.25) is 4.98 Å². The van der Waals surface area contributed by atoms with Crippen molar-refractivity contribution in [2.24, 2.45) is 0 Å². The molecule has 0 spiro atoms. The van der Waals surface area contributed by atoms with E-state index in [9.17, 15) is 9.18 Å². The SMILES string of the molecule is O=CC(O)CCc1ccc(OCc2ccccn2)c(F)c1. The molecule has 0 radical (unpaired) electrons. The lowest BCUT2D eigenvalue weighted by molar-refractivity contribution is -0.115. The Kier molecular flexibility index (Phi) is 5.40. The van der Waals surface area contributed by atoms with E-state index >= 15 is 0 Å². The van der Waals surface area contributed by atoms with Crippen molar-refractivity contribution in [3.63, 3.8) is 0 Å². The normalized spacial score (nSPS) is 11.9. The van der Waals surface area contributed by atoms with Gasteiger partial charge in [0, 0.05) is 6.20 Å². The lowest BCUT2D eigenvalue weighted by Crippen LogP contribution is -2.09. The third kappa shape index (κ3) is 4.65. The number of aryl methyl sites for hydroxylation is 1. The van der Waals surface area contributed by atoms with Gasteiger partial charge in [-0.2, -0.15) is 0 Å². The van der Waals surface area contributed by atoms with Crippen molar-refractivity contribution in [2.45, 2.75) is 25.6 Å². The Morgan fingerprint density at radius 3 is 2.86 bits per heavy atom. The third-order valence-corrected chi connectivity index (χ3v) is 2.98. The summed E-state index contributed by atoms with van der Waals surface area (Å²) in [6.07, 6.45) is 1.82. The second-order valence-corrected chi connectivity index (χ2v) is 4.62. The van der Waals surface area contributed by atoms with Gasteiger partial charge in [-0.25, -0.2) is 4.39 Å². The average Bonchev–Trinajstić information content (AvgIpc) is 2.52. The van der Waals surface area contributed by atoms with Crippen LogP contribution < -0.4 is 4.74 Å². The molecule has 5 heteroatoms. The molecule has 2 aromatic rings. The first-order valence-electron chi connectivity index (χ1n) is 6.63. The number of halogens is 1. The number of rotatable bonds is 7. The molecule has 21 heavy (non-hydrogen) atoms. The van der Waals surface area contributed by atoms with Crippen LogP contribution in [0.2, 0.25) is 0 Å². The highest BCUT2D eigenvalue weighted by molar-refractivity contribution is 5.55. The number of carbonyl (C=O) groups is 1. The zero-order chi connectivity index (χ0) is 15.1. The van der Waals surface area contributed by atoms with Gasteiger partial charge in [0.05, 0.1) is 5.69 Å². The van der Waals surface area contributed by atoms with Crippen molar-refractivity contribution in [2.75, 3.05) is 0 Å². The molecule has 1 aromatic heterocycles. The van der Waals surface area contributed by atoms with E-state index in [-0.39, 0.29) is 18.8 Å². The van der Waals surface area contributed by atoms with Gasteiger partial charge < -0.3 is 14.6 Å². The number of aliphatic hydroxyl groups is 1. The molecule has 0 saturated heterocycles. The van der Waals surface area contributed by atoms with Crippen molar-refractivity contribution in [1.29, 1.82) is 0 Å². The molecule has 4 nitrogen and oxygen atoms in total. The molecule has 1 heterocycles. The van der Waals surface area contributed by atoms with Crippen LogP contribution >= 0.6 is 0 Å². The number of pyridine rings is 1. The van der Waals surface area contributed by atoms with E-state index in [1.807, 2.05) is 6.07 Å². The highest BCUT2D eigenvalue weighted by Gasteiger charge is 2.07. The zero-order valence-corrected chi connectivity index (χ0v) is 11.4. The minimum Gasteiger partial charge on any atom is -0.484 e. The number of aliphatic hydroxyl groups excluding tert-OH is 1. The van der Waals surface area contributed by atoms with E-state index in [0.29, 0.717) is 18.3 Å². The molecule has 1 aromatic carbocycles. The summed E-state index contributed by atoms with van der Waals surface area (Å²) >= 11 is 0. The van der Waals surface area contributed by atoms with E-state index in [2.05, 4.69) is 4.98 Å². The van der Waals surface area contributed by atoms with Gasteiger partial charge in [0.15, 0.2) is 11.6 Å². The number of ether oxygens (including phenoxy) is 1. The molecule has 110 valence electrons. The lowest BCUT2D eigenvalue weighted by atomic mass is 10.1. The quantitative estimate of drug-likeness (QED) is 0.795. The predicted molar refractivity (Wildman–Crippen MR) is 75.4 cm³/mol. The average molecular weight is 289 g/mol. The Hall–Kier alpha value is -2.27. The minimum absolute atomic E-state index is 0.153. The van der Waals surface area contributed by atoms with Crippen molar-refractivity contribution in [3.8, 4) is 5.75 Å².